The summed E-state index contributed by atoms with van der Waals surface area (Å²) < 4.78 is 11.3. The molecule has 1 aromatic heterocycles. The van der Waals surface area contributed by atoms with Crippen molar-refractivity contribution in [2.75, 3.05) is 32.9 Å². The highest BCUT2D eigenvalue weighted by Crippen LogP contribution is 2.16. The summed E-state index contributed by atoms with van der Waals surface area (Å²) in [6.07, 6.45) is 5.19. The topological polar surface area (TPSA) is 67.8 Å². The summed E-state index contributed by atoms with van der Waals surface area (Å²) in [5.41, 5.74) is 2.19. The second-order valence-electron chi connectivity index (χ2n) is 6.65. The number of aromatic nitrogens is 1. The predicted molar refractivity (Wildman–Crippen MR) is 124 cm³/mol. The number of ether oxygens (including phenoxy) is 2. The Bertz CT molecular complexity index is 730. The van der Waals surface area contributed by atoms with Gasteiger partial charge in [0.25, 0.3) is 0 Å². The average Bonchev–Trinajstić information content (AvgIpc) is 2.72. The third kappa shape index (κ3) is 7.18. The van der Waals surface area contributed by atoms with E-state index in [1.54, 1.807) is 0 Å². The minimum absolute atomic E-state index is 0. The minimum Gasteiger partial charge on any atom is -0.381 e. The van der Waals surface area contributed by atoms with Gasteiger partial charge in [0.05, 0.1) is 18.2 Å². The number of rotatable bonds is 8. The maximum atomic E-state index is 5.91. The van der Waals surface area contributed by atoms with Crippen LogP contribution in [0.15, 0.2) is 41.5 Å². The van der Waals surface area contributed by atoms with Gasteiger partial charge in [-0.05, 0) is 43.9 Å². The van der Waals surface area contributed by atoms with Gasteiger partial charge in [-0.1, -0.05) is 18.2 Å². The first-order chi connectivity index (χ1) is 13.4. The molecule has 0 aliphatic carbocycles. The fourth-order valence-electron chi connectivity index (χ4n) is 3.17. The van der Waals surface area contributed by atoms with Crippen LogP contribution in [0.2, 0.25) is 0 Å². The fraction of sp³-hybridized carbons (Fsp3) is 0.524. The molecule has 1 aliphatic rings. The van der Waals surface area contributed by atoms with E-state index in [1.807, 2.05) is 30.5 Å². The normalized spacial score (nSPS) is 15.2. The molecule has 0 unspecified atom stereocenters. The molecular weight excluding hydrogens is 467 g/mol. The van der Waals surface area contributed by atoms with E-state index in [0.717, 1.165) is 69.0 Å². The maximum Gasteiger partial charge on any atom is 0.191 e. The molecule has 0 amide bonds. The summed E-state index contributed by atoms with van der Waals surface area (Å²) in [5.74, 6) is 0.837. The second-order valence-corrected chi connectivity index (χ2v) is 6.65. The summed E-state index contributed by atoms with van der Waals surface area (Å²) in [6, 6.07) is 10.2. The van der Waals surface area contributed by atoms with Gasteiger partial charge in [-0.3, -0.25) is 4.98 Å². The van der Waals surface area contributed by atoms with Crippen molar-refractivity contribution in [3.05, 3.63) is 42.1 Å². The zero-order valence-corrected chi connectivity index (χ0v) is 18.9. The first kappa shape index (κ1) is 22.8. The molecule has 2 heterocycles. The smallest absolute Gasteiger partial charge is 0.191 e. The quantitative estimate of drug-likeness (QED) is 0.253. The fourth-order valence-corrected chi connectivity index (χ4v) is 3.17. The van der Waals surface area contributed by atoms with Gasteiger partial charge in [-0.2, -0.15) is 0 Å². The zero-order valence-electron chi connectivity index (χ0n) is 16.5. The molecule has 1 aliphatic heterocycles. The lowest BCUT2D eigenvalue weighted by Gasteiger charge is -2.22. The van der Waals surface area contributed by atoms with E-state index in [4.69, 9.17) is 14.5 Å². The standard InChI is InChI=1S/C21H30N4O2.HI/c1-2-22-21(24-11-5-13-27-18-9-14-26-15-10-18)25-16-17-8-12-23-20-7-4-3-6-19(17)20;/h3-4,6-8,12,18H,2,5,9-11,13-16H2,1H3,(H2,22,24,25);1H. The molecule has 0 radical (unpaired) electrons. The molecule has 1 aromatic carbocycles. The van der Waals surface area contributed by atoms with Crippen LogP contribution in [0.1, 0.15) is 31.7 Å². The number of pyridine rings is 1. The lowest BCUT2D eigenvalue weighted by molar-refractivity contribution is -0.0320. The van der Waals surface area contributed by atoms with Crippen molar-refractivity contribution in [2.24, 2.45) is 4.99 Å². The van der Waals surface area contributed by atoms with Crippen LogP contribution in [0.25, 0.3) is 10.9 Å². The van der Waals surface area contributed by atoms with Crippen LogP contribution in [0.5, 0.6) is 0 Å². The Hall–Kier alpha value is -1.45. The molecular formula is C21H31IN4O2. The Labute approximate surface area is 184 Å². The van der Waals surface area contributed by atoms with E-state index in [9.17, 15) is 0 Å². The van der Waals surface area contributed by atoms with E-state index in [2.05, 4.69) is 28.6 Å². The number of fused-ring (bicyclic) bond motifs is 1. The predicted octanol–water partition coefficient (Wildman–Crippen LogP) is 3.49. The van der Waals surface area contributed by atoms with Crippen molar-refractivity contribution < 1.29 is 9.47 Å². The number of halogens is 1. The van der Waals surface area contributed by atoms with Gasteiger partial charge >= 0.3 is 0 Å². The Morgan fingerprint density at radius 1 is 1.21 bits per heavy atom. The van der Waals surface area contributed by atoms with Gasteiger partial charge in [-0.15, -0.1) is 24.0 Å². The summed E-state index contributed by atoms with van der Waals surface area (Å²) in [6.45, 7) is 6.79. The van der Waals surface area contributed by atoms with E-state index in [0.29, 0.717) is 12.6 Å². The van der Waals surface area contributed by atoms with E-state index >= 15 is 0 Å². The molecule has 2 aromatic rings. The number of hydrogen-bond donors (Lipinski definition) is 2. The van der Waals surface area contributed by atoms with E-state index < -0.39 is 0 Å². The van der Waals surface area contributed by atoms with Gasteiger partial charge in [0, 0.05) is 44.5 Å². The largest absolute Gasteiger partial charge is 0.381 e. The molecule has 2 N–H and O–H groups in total. The van der Waals surface area contributed by atoms with Gasteiger partial charge < -0.3 is 20.1 Å². The summed E-state index contributed by atoms with van der Waals surface area (Å²) in [7, 11) is 0. The van der Waals surface area contributed by atoms with Crippen LogP contribution in [0.4, 0.5) is 0 Å². The number of aliphatic imine (C=N–C) groups is 1. The zero-order chi connectivity index (χ0) is 18.7. The molecule has 0 saturated carbocycles. The van der Waals surface area contributed by atoms with Crippen LogP contribution >= 0.6 is 24.0 Å². The molecule has 1 saturated heterocycles. The first-order valence-corrected chi connectivity index (χ1v) is 9.91. The SMILES string of the molecule is CCNC(=NCc1ccnc2ccccc12)NCCCOC1CCOCC1.I. The highest BCUT2D eigenvalue weighted by atomic mass is 127. The third-order valence-electron chi connectivity index (χ3n) is 4.63. The highest BCUT2D eigenvalue weighted by molar-refractivity contribution is 14.0. The van der Waals surface area contributed by atoms with Crippen LogP contribution in [-0.2, 0) is 16.0 Å². The third-order valence-corrected chi connectivity index (χ3v) is 4.63. The van der Waals surface area contributed by atoms with Crippen molar-refractivity contribution in [2.45, 2.75) is 38.8 Å². The van der Waals surface area contributed by atoms with Gasteiger partial charge in [0.1, 0.15) is 0 Å². The van der Waals surface area contributed by atoms with Gasteiger partial charge in [0.2, 0.25) is 0 Å². The molecule has 28 heavy (non-hydrogen) atoms. The summed E-state index contributed by atoms with van der Waals surface area (Å²) in [4.78, 5) is 9.14. The van der Waals surface area contributed by atoms with Crippen molar-refractivity contribution in [1.82, 2.24) is 15.6 Å². The molecule has 0 spiro atoms. The number of nitrogens with one attached hydrogen (secondary N) is 2. The number of benzene rings is 1. The first-order valence-electron chi connectivity index (χ1n) is 9.91. The lowest BCUT2D eigenvalue weighted by atomic mass is 10.1. The second kappa shape index (κ2) is 12.9. The van der Waals surface area contributed by atoms with E-state index in [-0.39, 0.29) is 24.0 Å². The lowest BCUT2D eigenvalue weighted by Crippen LogP contribution is -2.38. The van der Waals surface area contributed by atoms with Gasteiger partial charge in [-0.25, -0.2) is 4.99 Å². The Morgan fingerprint density at radius 2 is 2.04 bits per heavy atom. The van der Waals surface area contributed by atoms with Crippen LogP contribution < -0.4 is 10.6 Å². The molecule has 7 heteroatoms. The number of hydrogen-bond acceptors (Lipinski definition) is 4. The van der Waals surface area contributed by atoms with Crippen molar-refractivity contribution in [1.29, 1.82) is 0 Å². The summed E-state index contributed by atoms with van der Waals surface area (Å²) >= 11 is 0. The summed E-state index contributed by atoms with van der Waals surface area (Å²) in [5, 5.41) is 7.86. The van der Waals surface area contributed by atoms with Crippen molar-refractivity contribution >= 4 is 40.8 Å². The van der Waals surface area contributed by atoms with Crippen molar-refractivity contribution in [3.8, 4) is 0 Å². The van der Waals surface area contributed by atoms with Crippen LogP contribution in [0.3, 0.4) is 0 Å². The highest BCUT2D eigenvalue weighted by Gasteiger charge is 2.13. The van der Waals surface area contributed by atoms with Crippen LogP contribution in [0, 0.1) is 0 Å². The minimum atomic E-state index is 0. The number of para-hydroxylation sites is 1. The Kier molecular flexibility index (Phi) is 10.5. The monoisotopic (exact) mass is 498 g/mol. The molecule has 0 bridgehead atoms. The molecule has 1 fully saturated rings. The average molecular weight is 498 g/mol. The Balaban J connectivity index is 0.00000280. The maximum absolute atomic E-state index is 5.91. The van der Waals surface area contributed by atoms with Crippen molar-refractivity contribution in [3.63, 3.8) is 0 Å². The van der Waals surface area contributed by atoms with E-state index in [1.165, 1.54) is 5.56 Å². The Morgan fingerprint density at radius 3 is 2.86 bits per heavy atom. The molecule has 0 atom stereocenters. The molecule has 154 valence electrons. The van der Waals surface area contributed by atoms with Gasteiger partial charge in [0.15, 0.2) is 5.96 Å². The number of nitrogens with zero attached hydrogens (tertiary/aromatic N) is 2. The molecule has 3 rings (SSSR count). The number of guanidine groups is 1. The van der Waals surface area contributed by atoms with Crippen LogP contribution in [-0.4, -0.2) is 50.0 Å². The molecule has 6 nitrogen and oxygen atoms in total.